The van der Waals surface area contributed by atoms with Gasteiger partial charge in [0.1, 0.15) is 47.2 Å². The molecule has 13 heteroatoms. The third-order valence-electron chi connectivity index (χ3n) is 7.31. The zero-order valence-corrected chi connectivity index (χ0v) is 22.4. The summed E-state index contributed by atoms with van der Waals surface area (Å²) in [6, 6.07) is 11.5. The van der Waals surface area contributed by atoms with E-state index in [0.29, 0.717) is 5.56 Å². The van der Waals surface area contributed by atoms with E-state index in [0.717, 1.165) is 0 Å². The van der Waals surface area contributed by atoms with Crippen LogP contribution in [0.3, 0.4) is 0 Å². The molecule has 6 N–H and O–H groups in total. The Bertz CT molecular complexity index is 1430. The average Bonchev–Trinajstić information content (AvgIpc) is 2.96. The minimum Gasteiger partial charge on any atom is -0.504 e. The molecule has 0 aliphatic carbocycles. The predicted molar refractivity (Wildman–Crippen MR) is 140 cm³/mol. The van der Waals surface area contributed by atoms with Crippen molar-refractivity contribution >= 4 is 11.0 Å². The lowest BCUT2D eigenvalue weighted by atomic mass is 9.98. The Kier molecular flexibility index (Phi) is 8.23. The SMILES string of the molecule is COc1cc2oc(-c3ccccc3)cc(=O)c2c(O)c1O[C@@H]1O[C@H](C)[C@H](O)[C@H](O)[C@H]1O[C@@H]1O[C@@H](C)[C@H](O)[C@@H](O)[C@H]1O. The second kappa shape index (κ2) is 11.5. The Morgan fingerprint density at radius 3 is 2.10 bits per heavy atom. The fraction of sp³-hybridized carbons (Fsp3) is 0.464. The lowest BCUT2D eigenvalue weighted by Gasteiger charge is -2.45. The van der Waals surface area contributed by atoms with Gasteiger partial charge in [-0.1, -0.05) is 30.3 Å². The van der Waals surface area contributed by atoms with E-state index in [1.807, 2.05) is 6.07 Å². The molecule has 222 valence electrons. The normalized spacial score (nSPS) is 34.0. The van der Waals surface area contributed by atoms with Crippen molar-refractivity contribution in [3.8, 4) is 28.6 Å². The highest BCUT2D eigenvalue weighted by Crippen LogP contribution is 2.44. The molecule has 10 atom stereocenters. The molecule has 41 heavy (non-hydrogen) atoms. The number of phenolic OH excluding ortho intramolecular Hbond substituents is 1. The summed E-state index contributed by atoms with van der Waals surface area (Å²) in [6.45, 7) is 2.91. The molecule has 5 rings (SSSR count). The van der Waals surface area contributed by atoms with Crippen LogP contribution < -0.4 is 14.9 Å². The van der Waals surface area contributed by atoms with Crippen molar-refractivity contribution in [2.45, 2.75) is 75.3 Å². The van der Waals surface area contributed by atoms with Crippen LogP contribution in [0.25, 0.3) is 22.3 Å². The molecule has 2 aliphatic heterocycles. The maximum Gasteiger partial charge on any atom is 0.229 e. The quantitative estimate of drug-likeness (QED) is 0.233. The van der Waals surface area contributed by atoms with Crippen LogP contribution >= 0.6 is 0 Å². The predicted octanol–water partition coefficient (Wildman–Crippen LogP) is 0.232. The highest BCUT2D eigenvalue weighted by molar-refractivity contribution is 5.89. The Labute approximate surface area is 233 Å². The van der Waals surface area contributed by atoms with Crippen molar-refractivity contribution in [3.05, 3.63) is 52.7 Å². The molecule has 3 heterocycles. The minimum absolute atomic E-state index is 0.0134. The van der Waals surface area contributed by atoms with Crippen LogP contribution in [-0.4, -0.2) is 99.2 Å². The molecule has 0 saturated carbocycles. The summed E-state index contributed by atoms with van der Waals surface area (Å²) in [5.74, 6) is -0.770. The Morgan fingerprint density at radius 1 is 0.805 bits per heavy atom. The van der Waals surface area contributed by atoms with Gasteiger partial charge >= 0.3 is 0 Å². The molecule has 2 saturated heterocycles. The number of rotatable bonds is 6. The zero-order chi connectivity index (χ0) is 29.6. The van der Waals surface area contributed by atoms with E-state index in [2.05, 4.69) is 0 Å². The third kappa shape index (κ3) is 5.38. The maximum atomic E-state index is 13.1. The standard InChI is InChI=1S/C28H32O13/c1-11-19(30)22(33)24(35)27(37-11)41-26-23(34)20(31)12(2)38-28(26)40-25-17(36-3)10-16-18(21(25)32)14(29)9-15(39-16)13-7-5-4-6-8-13/h4-12,19-20,22-24,26-28,30-35H,1-3H3/t11-,12+,19-,20-,22+,23-,24+,26+,27-,28-/m0/s1. The molecule has 2 fully saturated rings. The largest absolute Gasteiger partial charge is 0.504 e. The van der Waals surface area contributed by atoms with E-state index in [9.17, 15) is 35.4 Å². The Hall–Kier alpha value is -3.27. The van der Waals surface area contributed by atoms with E-state index in [1.165, 1.54) is 33.1 Å². The lowest BCUT2D eigenvalue weighted by molar-refractivity contribution is -0.352. The number of hydrogen-bond acceptors (Lipinski definition) is 13. The maximum absolute atomic E-state index is 13.1. The molecular formula is C28H32O13. The number of aliphatic hydroxyl groups excluding tert-OH is 5. The zero-order valence-electron chi connectivity index (χ0n) is 22.4. The Balaban J connectivity index is 1.51. The van der Waals surface area contributed by atoms with Gasteiger partial charge in [0.25, 0.3) is 0 Å². The van der Waals surface area contributed by atoms with E-state index in [-0.39, 0.29) is 28.2 Å². The molecule has 13 nitrogen and oxygen atoms in total. The summed E-state index contributed by atoms with van der Waals surface area (Å²) in [5, 5.41) is 62.9. The molecule has 2 aromatic carbocycles. The fourth-order valence-corrected chi connectivity index (χ4v) is 4.91. The molecule has 0 spiro atoms. The van der Waals surface area contributed by atoms with Gasteiger partial charge in [-0.05, 0) is 13.8 Å². The van der Waals surface area contributed by atoms with E-state index in [4.69, 9.17) is 28.1 Å². The van der Waals surface area contributed by atoms with Crippen molar-refractivity contribution in [2.75, 3.05) is 7.11 Å². The van der Waals surface area contributed by atoms with E-state index < -0.39 is 72.6 Å². The van der Waals surface area contributed by atoms with Gasteiger partial charge in [0.05, 0.1) is 19.3 Å². The Morgan fingerprint density at radius 2 is 1.44 bits per heavy atom. The first-order valence-electron chi connectivity index (χ1n) is 13.0. The molecule has 0 radical (unpaired) electrons. The lowest BCUT2D eigenvalue weighted by Crippen LogP contribution is -2.63. The highest BCUT2D eigenvalue weighted by atomic mass is 16.8. The van der Waals surface area contributed by atoms with Gasteiger partial charge in [-0.2, -0.15) is 0 Å². The molecular weight excluding hydrogens is 544 g/mol. The number of benzene rings is 2. The number of methoxy groups -OCH3 is 1. The smallest absolute Gasteiger partial charge is 0.229 e. The first-order chi connectivity index (χ1) is 19.5. The number of ether oxygens (including phenoxy) is 5. The van der Waals surface area contributed by atoms with Crippen molar-refractivity contribution in [2.24, 2.45) is 0 Å². The molecule has 0 amide bonds. The van der Waals surface area contributed by atoms with Crippen LogP contribution in [0, 0.1) is 0 Å². The van der Waals surface area contributed by atoms with Gasteiger partial charge in [0.15, 0.2) is 29.3 Å². The van der Waals surface area contributed by atoms with Gasteiger partial charge in [-0.3, -0.25) is 4.79 Å². The second-order valence-electron chi connectivity index (χ2n) is 10.1. The topological polar surface area (TPSA) is 198 Å². The van der Waals surface area contributed by atoms with Crippen molar-refractivity contribution in [1.82, 2.24) is 0 Å². The van der Waals surface area contributed by atoms with Gasteiger partial charge in [0.2, 0.25) is 12.0 Å². The summed E-state index contributed by atoms with van der Waals surface area (Å²) in [6.07, 6.45) is -14.4. The first-order valence-corrected chi connectivity index (χ1v) is 13.0. The van der Waals surface area contributed by atoms with Crippen LogP contribution in [0.4, 0.5) is 0 Å². The van der Waals surface area contributed by atoms with Crippen LogP contribution in [0.1, 0.15) is 13.8 Å². The van der Waals surface area contributed by atoms with Crippen LogP contribution in [-0.2, 0) is 14.2 Å². The molecule has 0 bridgehead atoms. The van der Waals surface area contributed by atoms with E-state index >= 15 is 0 Å². The van der Waals surface area contributed by atoms with Crippen molar-refractivity contribution < 1.29 is 58.7 Å². The van der Waals surface area contributed by atoms with Crippen LogP contribution in [0.5, 0.6) is 17.2 Å². The van der Waals surface area contributed by atoms with Crippen LogP contribution in [0.15, 0.2) is 51.7 Å². The summed E-state index contributed by atoms with van der Waals surface area (Å²) >= 11 is 0. The average molecular weight is 577 g/mol. The number of fused-ring (bicyclic) bond motifs is 1. The van der Waals surface area contributed by atoms with Crippen LogP contribution in [0.2, 0.25) is 0 Å². The van der Waals surface area contributed by atoms with E-state index in [1.54, 1.807) is 24.3 Å². The monoisotopic (exact) mass is 576 g/mol. The summed E-state index contributed by atoms with van der Waals surface area (Å²) < 4.78 is 34.1. The highest BCUT2D eigenvalue weighted by Gasteiger charge is 2.50. The summed E-state index contributed by atoms with van der Waals surface area (Å²) in [7, 11) is 1.30. The van der Waals surface area contributed by atoms with Gasteiger partial charge < -0.3 is 58.7 Å². The molecule has 0 unspecified atom stereocenters. The van der Waals surface area contributed by atoms with Crippen molar-refractivity contribution in [3.63, 3.8) is 0 Å². The summed E-state index contributed by atoms with van der Waals surface area (Å²) in [5.41, 5.74) is 0.0811. The molecule has 1 aromatic heterocycles. The van der Waals surface area contributed by atoms with Gasteiger partial charge in [0, 0.05) is 17.7 Å². The van der Waals surface area contributed by atoms with Gasteiger partial charge in [-0.15, -0.1) is 0 Å². The number of aromatic hydroxyl groups is 1. The minimum atomic E-state index is -1.72. The van der Waals surface area contributed by atoms with Crippen molar-refractivity contribution in [1.29, 1.82) is 0 Å². The summed E-state index contributed by atoms with van der Waals surface area (Å²) in [4.78, 5) is 13.1. The number of hydrogen-bond donors (Lipinski definition) is 6. The molecule has 3 aromatic rings. The number of phenols is 1. The molecule has 2 aliphatic rings. The third-order valence-corrected chi connectivity index (χ3v) is 7.31. The van der Waals surface area contributed by atoms with Gasteiger partial charge in [-0.25, -0.2) is 0 Å². The number of aliphatic hydroxyl groups is 5. The second-order valence-corrected chi connectivity index (χ2v) is 10.1. The fourth-order valence-electron chi connectivity index (χ4n) is 4.91. The first kappa shape index (κ1) is 29.2.